The van der Waals surface area contributed by atoms with Crippen molar-refractivity contribution < 1.29 is 14.3 Å². The van der Waals surface area contributed by atoms with Gasteiger partial charge in [0.2, 0.25) is 17.7 Å². The van der Waals surface area contributed by atoms with E-state index in [0.717, 1.165) is 11.3 Å². The average molecular weight is 295 g/mol. The highest BCUT2D eigenvalue weighted by molar-refractivity contribution is 7.17. The summed E-state index contributed by atoms with van der Waals surface area (Å²) in [4.78, 5) is 24.5. The van der Waals surface area contributed by atoms with Gasteiger partial charge in [-0.15, -0.1) is 0 Å². The van der Waals surface area contributed by atoms with Crippen molar-refractivity contribution in [2.24, 2.45) is 0 Å². The molecule has 1 amide bonds. The van der Waals surface area contributed by atoms with Gasteiger partial charge in [0.15, 0.2) is 5.13 Å². The number of rotatable bonds is 4. The van der Waals surface area contributed by atoms with Crippen LogP contribution < -0.4 is 20.5 Å². The van der Waals surface area contributed by atoms with Gasteiger partial charge in [-0.25, -0.2) is 4.98 Å². The molecule has 2 heterocycles. The Kier molecular flexibility index (Phi) is 3.99. The first-order chi connectivity index (χ1) is 9.53. The summed E-state index contributed by atoms with van der Waals surface area (Å²) < 4.78 is 10.0. The average Bonchev–Trinajstić information content (AvgIpc) is 2.77. The quantitative estimate of drug-likeness (QED) is 0.868. The molecule has 0 spiro atoms. The predicted molar refractivity (Wildman–Crippen MR) is 74.4 cm³/mol. The number of hydrogen-bond acceptors (Lipinski definition) is 8. The van der Waals surface area contributed by atoms with Crippen molar-refractivity contribution in [2.75, 3.05) is 25.3 Å². The second kappa shape index (κ2) is 5.70. The number of carbonyl (C=O) groups excluding carboxylic acids is 1. The Morgan fingerprint density at radius 1 is 1.25 bits per heavy atom. The van der Waals surface area contributed by atoms with Crippen molar-refractivity contribution in [3.8, 4) is 11.8 Å². The van der Waals surface area contributed by atoms with Crippen LogP contribution in [0.15, 0.2) is 6.07 Å². The number of anilines is 2. The van der Waals surface area contributed by atoms with E-state index in [9.17, 15) is 4.79 Å². The molecule has 8 nitrogen and oxygen atoms in total. The van der Waals surface area contributed by atoms with Gasteiger partial charge in [-0.05, 0) is 6.92 Å². The van der Waals surface area contributed by atoms with Crippen LogP contribution in [0.3, 0.4) is 0 Å². The fourth-order valence-electron chi connectivity index (χ4n) is 1.46. The number of ether oxygens (including phenoxy) is 2. The van der Waals surface area contributed by atoms with Gasteiger partial charge >= 0.3 is 0 Å². The number of thiazole rings is 1. The molecular weight excluding hydrogens is 282 g/mol. The number of nitrogens with two attached hydrogens (primary N) is 1. The molecule has 0 aromatic carbocycles. The number of amides is 1. The first-order valence-electron chi connectivity index (χ1n) is 5.54. The van der Waals surface area contributed by atoms with Gasteiger partial charge in [0, 0.05) is 0 Å². The molecule has 2 rings (SSSR count). The van der Waals surface area contributed by atoms with E-state index in [2.05, 4.69) is 20.3 Å². The molecule has 0 bridgehead atoms. The van der Waals surface area contributed by atoms with Crippen LogP contribution in [0, 0.1) is 6.92 Å². The van der Waals surface area contributed by atoms with Gasteiger partial charge in [-0.2, -0.15) is 9.97 Å². The summed E-state index contributed by atoms with van der Waals surface area (Å²) in [5, 5.41) is 2.89. The fraction of sp³-hybridized carbons (Fsp3) is 0.273. The van der Waals surface area contributed by atoms with Gasteiger partial charge < -0.3 is 15.2 Å². The number of carbonyl (C=O) groups is 1. The maximum Gasteiger partial charge on any atom is 0.270 e. The number of nitrogens with one attached hydrogen (secondary N) is 1. The molecule has 20 heavy (non-hydrogen) atoms. The molecule has 9 heteroatoms. The number of methoxy groups -OCH3 is 2. The maximum absolute atomic E-state index is 12.1. The largest absolute Gasteiger partial charge is 0.481 e. The van der Waals surface area contributed by atoms with E-state index >= 15 is 0 Å². The normalized spacial score (nSPS) is 10.2. The molecule has 0 saturated carbocycles. The summed E-state index contributed by atoms with van der Waals surface area (Å²) in [6, 6.07) is 1.51. The van der Waals surface area contributed by atoms with Crippen molar-refractivity contribution in [3.05, 3.63) is 16.6 Å². The molecule has 106 valence electrons. The molecule has 3 N–H and O–H groups in total. The van der Waals surface area contributed by atoms with E-state index in [1.54, 1.807) is 6.92 Å². The topological polar surface area (TPSA) is 112 Å². The van der Waals surface area contributed by atoms with Crippen LogP contribution >= 0.6 is 11.3 Å². The van der Waals surface area contributed by atoms with E-state index in [-0.39, 0.29) is 23.6 Å². The van der Waals surface area contributed by atoms with Crippen LogP contribution in [0.5, 0.6) is 11.8 Å². The first kappa shape index (κ1) is 14.0. The third-order valence-electron chi connectivity index (χ3n) is 2.34. The highest BCUT2D eigenvalue weighted by Crippen LogP contribution is 2.22. The lowest BCUT2D eigenvalue weighted by Crippen LogP contribution is -2.14. The lowest BCUT2D eigenvalue weighted by molar-refractivity contribution is 0.102. The molecule has 0 unspecified atom stereocenters. The van der Waals surface area contributed by atoms with Crippen molar-refractivity contribution in [1.82, 2.24) is 15.0 Å². The number of aryl methyl sites for hydroxylation is 1. The Hall–Kier alpha value is -2.42. The minimum absolute atomic E-state index is 0.0811. The van der Waals surface area contributed by atoms with Crippen LogP contribution in [-0.2, 0) is 0 Å². The summed E-state index contributed by atoms with van der Waals surface area (Å²) in [5.74, 6) is 0.268. The molecule has 2 aromatic heterocycles. The second-order valence-electron chi connectivity index (χ2n) is 3.70. The molecule has 2 aromatic rings. The van der Waals surface area contributed by atoms with E-state index in [1.807, 2.05) is 0 Å². The van der Waals surface area contributed by atoms with E-state index in [0.29, 0.717) is 15.7 Å². The molecule has 0 radical (unpaired) electrons. The zero-order valence-electron chi connectivity index (χ0n) is 11.1. The molecule has 0 fully saturated rings. The molecule has 0 aliphatic carbocycles. The molecule has 0 atom stereocenters. The van der Waals surface area contributed by atoms with Crippen LogP contribution in [0.25, 0.3) is 0 Å². The minimum Gasteiger partial charge on any atom is -0.481 e. The summed E-state index contributed by atoms with van der Waals surface area (Å²) in [6.45, 7) is 1.70. The standard InChI is InChI=1S/C11H13N5O3S/c1-5-8(20-10(12)13-5)9(17)16-11-14-6(18-2)4-7(15-11)19-3/h4H,1-3H3,(H2,12,13)(H,14,15,16,17). The summed E-state index contributed by atoms with van der Waals surface area (Å²) in [5.41, 5.74) is 6.11. The van der Waals surface area contributed by atoms with Gasteiger partial charge in [-0.3, -0.25) is 10.1 Å². The zero-order chi connectivity index (χ0) is 14.7. The van der Waals surface area contributed by atoms with Crippen LogP contribution in [-0.4, -0.2) is 35.1 Å². The number of aromatic nitrogens is 3. The van der Waals surface area contributed by atoms with Crippen LogP contribution in [0.2, 0.25) is 0 Å². The van der Waals surface area contributed by atoms with E-state index in [4.69, 9.17) is 15.2 Å². The minimum atomic E-state index is -0.382. The van der Waals surface area contributed by atoms with Gasteiger partial charge in [0.1, 0.15) is 4.88 Å². The van der Waals surface area contributed by atoms with E-state index in [1.165, 1.54) is 20.3 Å². The second-order valence-corrected chi connectivity index (χ2v) is 4.73. The van der Waals surface area contributed by atoms with Crippen molar-refractivity contribution in [3.63, 3.8) is 0 Å². The van der Waals surface area contributed by atoms with Gasteiger partial charge in [0.25, 0.3) is 5.91 Å². The first-order valence-corrected chi connectivity index (χ1v) is 6.36. The summed E-state index contributed by atoms with van der Waals surface area (Å²) in [7, 11) is 2.92. The fourth-order valence-corrected chi connectivity index (χ4v) is 2.18. The van der Waals surface area contributed by atoms with Gasteiger partial charge in [-0.1, -0.05) is 11.3 Å². The lowest BCUT2D eigenvalue weighted by Gasteiger charge is -2.06. The molecule has 0 saturated heterocycles. The number of nitrogens with zero attached hydrogens (tertiary/aromatic N) is 3. The molecular formula is C11H13N5O3S. The zero-order valence-corrected chi connectivity index (χ0v) is 11.9. The number of nitrogen functional groups attached to an aromatic ring is 1. The Morgan fingerprint density at radius 3 is 2.30 bits per heavy atom. The van der Waals surface area contributed by atoms with Crippen LogP contribution in [0.1, 0.15) is 15.4 Å². The Bertz CT molecular complexity index is 621. The predicted octanol–water partition coefficient (Wildman–Crippen LogP) is 1.09. The highest BCUT2D eigenvalue weighted by Gasteiger charge is 2.16. The van der Waals surface area contributed by atoms with E-state index < -0.39 is 0 Å². The number of hydrogen-bond donors (Lipinski definition) is 2. The van der Waals surface area contributed by atoms with Crippen molar-refractivity contribution in [1.29, 1.82) is 0 Å². The maximum atomic E-state index is 12.1. The Labute approximate surface area is 119 Å². The van der Waals surface area contributed by atoms with Crippen molar-refractivity contribution >= 4 is 28.3 Å². The van der Waals surface area contributed by atoms with Crippen molar-refractivity contribution in [2.45, 2.75) is 6.92 Å². The third-order valence-corrected chi connectivity index (χ3v) is 3.33. The summed E-state index contributed by atoms with van der Waals surface area (Å²) in [6.07, 6.45) is 0. The smallest absolute Gasteiger partial charge is 0.270 e. The highest BCUT2D eigenvalue weighted by atomic mass is 32.1. The SMILES string of the molecule is COc1cc(OC)nc(NC(=O)c2sc(N)nc2C)n1. The third kappa shape index (κ3) is 2.94. The van der Waals surface area contributed by atoms with Gasteiger partial charge in [0.05, 0.1) is 26.0 Å². The Morgan fingerprint density at radius 2 is 1.85 bits per heavy atom. The summed E-state index contributed by atoms with van der Waals surface area (Å²) >= 11 is 1.10. The Balaban J connectivity index is 2.25. The van der Waals surface area contributed by atoms with Crippen LogP contribution in [0.4, 0.5) is 11.1 Å². The molecule has 0 aliphatic rings. The molecule has 0 aliphatic heterocycles. The monoisotopic (exact) mass is 295 g/mol. The lowest BCUT2D eigenvalue weighted by atomic mass is 10.4.